The topological polar surface area (TPSA) is 26.9 Å². The highest BCUT2D eigenvalue weighted by molar-refractivity contribution is 4.91. The number of nitrogens with zero attached hydrogens (tertiary/aromatic N) is 2. The summed E-state index contributed by atoms with van der Waals surface area (Å²) in [7, 11) is 0. The van der Waals surface area contributed by atoms with Crippen LogP contribution >= 0.6 is 0 Å². The van der Waals surface area contributed by atoms with E-state index in [1.807, 2.05) is 0 Å². The summed E-state index contributed by atoms with van der Waals surface area (Å²) in [5.41, 5.74) is -0.317. The Hall–Kier alpha value is -1.13. The molecule has 0 atom stereocenters. The lowest BCUT2D eigenvalue weighted by Crippen LogP contribution is -2.25. The van der Waals surface area contributed by atoms with Crippen molar-refractivity contribution in [3.05, 3.63) is 22.9 Å². The van der Waals surface area contributed by atoms with Crippen molar-refractivity contribution in [2.75, 3.05) is 0 Å². The van der Waals surface area contributed by atoms with Crippen LogP contribution in [-0.2, 0) is 6.54 Å². The first-order valence-electron chi connectivity index (χ1n) is 4.24. The minimum atomic E-state index is -2.47. The van der Waals surface area contributed by atoms with Crippen molar-refractivity contribution in [3.63, 3.8) is 0 Å². The molecule has 0 saturated heterocycles. The second-order valence-electron chi connectivity index (χ2n) is 3.26. The summed E-state index contributed by atoms with van der Waals surface area (Å²) in [6, 6.07) is 0.256. The molecule has 72 valence electrons. The lowest BCUT2D eigenvalue weighted by atomic mass is 10.6. The molecular formula is C8H10F2N2O. The summed E-state index contributed by atoms with van der Waals surface area (Å²) in [6.45, 7) is -0.501. The van der Waals surface area contributed by atoms with Crippen LogP contribution in [0.1, 0.15) is 18.9 Å². The van der Waals surface area contributed by atoms with Crippen molar-refractivity contribution in [1.29, 1.82) is 0 Å². The van der Waals surface area contributed by atoms with Gasteiger partial charge in [0.2, 0.25) is 0 Å². The minimum Gasteiger partial charge on any atom is -0.296 e. The smallest absolute Gasteiger partial charge is 0.296 e. The average Bonchev–Trinajstić information content (AvgIpc) is 2.81. The average molecular weight is 188 g/mol. The number of imidazole rings is 1. The van der Waals surface area contributed by atoms with E-state index in [0.717, 1.165) is 17.4 Å². The van der Waals surface area contributed by atoms with Gasteiger partial charge in [0, 0.05) is 18.4 Å². The fourth-order valence-corrected chi connectivity index (χ4v) is 1.35. The zero-order valence-electron chi connectivity index (χ0n) is 6.99. The minimum absolute atomic E-state index is 0.256. The largest absolute Gasteiger partial charge is 0.328 e. The highest BCUT2D eigenvalue weighted by Crippen LogP contribution is 2.33. The highest BCUT2D eigenvalue weighted by Gasteiger charge is 2.25. The molecule has 1 heterocycles. The maximum Gasteiger partial charge on any atom is 0.328 e. The van der Waals surface area contributed by atoms with E-state index in [1.54, 1.807) is 6.20 Å². The molecule has 0 unspecified atom stereocenters. The van der Waals surface area contributed by atoms with Gasteiger partial charge in [0.15, 0.2) is 0 Å². The number of hydrogen-bond donors (Lipinski definition) is 0. The molecule has 1 aliphatic carbocycles. The molecule has 0 aliphatic heterocycles. The van der Waals surface area contributed by atoms with Crippen LogP contribution in [0.2, 0.25) is 0 Å². The van der Waals surface area contributed by atoms with Gasteiger partial charge >= 0.3 is 5.69 Å². The summed E-state index contributed by atoms with van der Waals surface area (Å²) in [4.78, 5) is 11.4. The van der Waals surface area contributed by atoms with Gasteiger partial charge in [-0.3, -0.25) is 9.13 Å². The van der Waals surface area contributed by atoms with Gasteiger partial charge < -0.3 is 0 Å². The van der Waals surface area contributed by atoms with E-state index < -0.39 is 13.0 Å². The van der Waals surface area contributed by atoms with Gasteiger partial charge in [-0.05, 0) is 12.8 Å². The fourth-order valence-electron chi connectivity index (χ4n) is 1.35. The second kappa shape index (κ2) is 2.97. The van der Waals surface area contributed by atoms with Gasteiger partial charge in [-0.25, -0.2) is 13.6 Å². The Morgan fingerprint density at radius 3 is 2.69 bits per heavy atom. The number of halogens is 2. The molecule has 0 N–H and O–H groups in total. The standard InChI is InChI=1S/C8H10F2N2O/c9-7(10)5-11-3-4-12(8(11)13)6-1-2-6/h3-4,6-7H,1-2,5H2. The SMILES string of the molecule is O=c1n(CC(F)F)ccn1C1CC1. The predicted octanol–water partition coefficient (Wildman–Crippen LogP) is 1.25. The van der Waals surface area contributed by atoms with Crippen LogP contribution in [0, 0.1) is 0 Å². The summed E-state index contributed by atoms with van der Waals surface area (Å²) in [6.07, 6.45) is 2.51. The van der Waals surface area contributed by atoms with Crippen molar-refractivity contribution in [1.82, 2.24) is 9.13 Å². The molecule has 0 bridgehead atoms. The zero-order chi connectivity index (χ0) is 9.42. The Labute approximate surface area is 73.6 Å². The maximum absolute atomic E-state index is 12.0. The van der Waals surface area contributed by atoms with Crippen LogP contribution in [0.25, 0.3) is 0 Å². The Morgan fingerprint density at radius 2 is 2.15 bits per heavy atom. The van der Waals surface area contributed by atoms with E-state index >= 15 is 0 Å². The van der Waals surface area contributed by atoms with Crippen LogP contribution in [0.5, 0.6) is 0 Å². The van der Waals surface area contributed by atoms with Crippen LogP contribution in [0.3, 0.4) is 0 Å². The van der Waals surface area contributed by atoms with Gasteiger partial charge in [0.25, 0.3) is 6.43 Å². The molecule has 1 saturated carbocycles. The third kappa shape index (κ3) is 1.64. The number of rotatable bonds is 3. The lowest BCUT2D eigenvalue weighted by Gasteiger charge is -1.99. The molecule has 0 amide bonds. The molecule has 1 aromatic rings. The molecule has 0 aromatic carbocycles. The molecule has 2 rings (SSSR count). The molecule has 13 heavy (non-hydrogen) atoms. The summed E-state index contributed by atoms with van der Waals surface area (Å²) in [5, 5.41) is 0. The van der Waals surface area contributed by atoms with Crippen molar-refractivity contribution in [2.24, 2.45) is 0 Å². The van der Waals surface area contributed by atoms with Gasteiger partial charge in [-0.15, -0.1) is 0 Å². The number of hydrogen-bond acceptors (Lipinski definition) is 1. The Balaban J connectivity index is 2.22. The third-order valence-corrected chi connectivity index (χ3v) is 2.15. The Bertz CT molecular complexity index is 351. The van der Waals surface area contributed by atoms with Crippen LogP contribution in [0.4, 0.5) is 8.78 Å². The highest BCUT2D eigenvalue weighted by atomic mass is 19.3. The van der Waals surface area contributed by atoms with Crippen molar-refractivity contribution < 1.29 is 8.78 Å². The second-order valence-corrected chi connectivity index (χ2v) is 3.26. The van der Waals surface area contributed by atoms with Crippen LogP contribution < -0.4 is 5.69 Å². The molecular weight excluding hydrogens is 178 g/mol. The van der Waals surface area contributed by atoms with Gasteiger partial charge in [0.1, 0.15) is 0 Å². The van der Waals surface area contributed by atoms with Crippen LogP contribution in [0.15, 0.2) is 17.2 Å². The van der Waals surface area contributed by atoms with Crippen LogP contribution in [-0.4, -0.2) is 15.6 Å². The summed E-state index contributed by atoms with van der Waals surface area (Å²) >= 11 is 0. The first kappa shape index (κ1) is 8.47. The Morgan fingerprint density at radius 1 is 1.46 bits per heavy atom. The molecule has 0 spiro atoms. The summed E-state index contributed by atoms with van der Waals surface area (Å²) < 4.78 is 26.5. The molecule has 0 radical (unpaired) electrons. The maximum atomic E-state index is 12.0. The monoisotopic (exact) mass is 188 g/mol. The van der Waals surface area contributed by atoms with Crippen molar-refractivity contribution >= 4 is 0 Å². The van der Waals surface area contributed by atoms with E-state index in [-0.39, 0.29) is 11.7 Å². The van der Waals surface area contributed by atoms with E-state index in [0.29, 0.717) is 0 Å². The predicted molar refractivity (Wildman–Crippen MR) is 43.0 cm³/mol. The van der Waals surface area contributed by atoms with E-state index in [1.165, 1.54) is 10.8 Å². The number of alkyl halides is 2. The van der Waals surface area contributed by atoms with Crippen molar-refractivity contribution in [2.45, 2.75) is 31.9 Å². The molecule has 1 fully saturated rings. The molecule has 1 aromatic heterocycles. The van der Waals surface area contributed by atoms with E-state index in [4.69, 9.17) is 0 Å². The quantitative estimate of drug-likeness (QED) is 0.701. The normalized spacial score (nSPS) is 16.8. The Kier molecular flexibility index (Phi) is 1.94. The summed E-state index contributed by atoms with van der Waals surface area (Å²) in [5.74, 6) is 0. The third-order valence-electron chi connectivity index (χ3n) is 2.15. The molecule has 3 nitrogen and oxygen atoms in total. The molecule has 5 heteroatoms. The van der Waals surface area contributed by atoms with Crippen molar-refractivity contribution in [3.8, 4) is 0 Å². The van der Waals surface area contributed by atoms with E-state index in [9.17, 15) is 13.6 Å². The molecule has 1 aliphatic rings. The first-order valence-corrected chi connectivity index (χ1v) is 4.24. The number of aromatic nitrogens is 2. The van der Waals surface area contributed by atoms with E-state index in [2.05, 4.69) is 0 Å². The first-order chi connectivity index (χ1) is 6.18. The zero-order valence-corrected chi connectivity index (χ0v) is 6.99. The fraction of sp³-hybridized carbons (Fsp3) is 0.625. The van der Waals surface area contributed by atoms with Gasteiger partial charge in [-0.2, -0.15) is 0 Å². The van der Waals surface area contributed by atoms with Gasteiger partial charge in [-0.1, -0.05) is 0 Å². The lowest BCUT2D eigenvalue weighted by molar-refractivity contribution is 0.125. The van der Waals surface area contributed by atoms with Gasteiger partial charge in [0.05, 0.1) is 6.54 Å².